The van der Waals surface area contributed by atoms with Gasteiger partial charge in [0.1, 0.15) is 0 Å². The van der Waals surface area contributed by atoms with Gasteiger partial charge in [-0.1, -0.05) is 42.5 Å². The molecule has 0 radical (unpaired) electrons. The molecule has 1 fully saturated rings. The van der Waals surface area contributed by atoms with Crippen LogP contribution in [0.2, 0.25) is 0 Å². The van der Waals surface area contributed by atoms with E-state index in [9.17, 15) is 4.79 Å². The Labute approximate surface area is 130 Å². The molecule has 0 aromatic heterocycles. The highest BCUT2D eigenvalue weighted by atomic mass is 16.4. The fraction of sp³-hybridized carbons (Fsp3) is 0.389. The van der Waals surface area contributed by atoms with Crippen LogP contribution >= 0.6 is 0 Å². The predicted molar refractivity (Wildman–Crippen MR) is 88.3 cm³/mol. The van der Waals surface area contributed by atoms with Crippen molar-refractivity contribution in [1.29, 1.82) is 0 Å². The average Bonchev–Trinajstić information content (AvgIpc) is 2.54. The van der Waals surface area contributed by atoms with Gasteiger partial charge in [-0.3, -0.25) is 0 Å². The summed E-state index contributed by atoms with van der Waals surface area (Å²) in [5.74, 6) is 0. The van der Waals surface area contributed by atoms with Crippen LogP contribution in [0.15, 0.2) is 42.5 Å². The molecule has 0 saturated carbocycles. The van der Waals surface area contributed by atoms with Gasteiger partial charge in [-0.15, -0.1) is 0 Å². The van der Waals surface area contributed by atoms with Crippen molar-refractivity contribution in [2.75, 3.05) is 19.6 Å². The van der Waals surface area contributed by atoms with Crippen LogP contribution in [0, 0.1) is 0 Å². The zero-order chi connectivity index (χ0) is 15.4. The van der Waals surface area contributed by atoms with Crippen LogP contribution in [-0.4, -0.2) is 41.8 Å². The molecule has 4 nitrogen and oxygen atoms in total. The third-order valence-corrected chi connectivity index (χ3v) is 4.49. The number of amides is 1. The van der Waals surface area contributed by atoms with Gasteiger partial charge in [0, 0.05) is 25.7 Å². The largest absolute Gasteiger partial charge is 0.465 e. The van der Waals surface area contributed by atoms with Gasteiger partial charge in [0.15, 0.2) is 0 Å². The molecule has 22 heavy (non-hydrogen) atoms. The minimum absolute atomic E-state index is 0.117. The van der Waals surface area contributed by atoms with Gasteiger partial charge in [-0.25, -0.2) is 4.79 Å². The summed E-state index contributed by atoms with van der Waals surface area (Å²) < 4.78 is 0. The molecule has 0 unspecified atom stereocenters. The summed E-state index contributed by atoms with van der Waals surface area (Å²) in [4.78, 5) is 13.1. The van der Waals surface area contributed by atoms with Crippen molar-refractivity contribution in [3.05, 3.63) is 48.0 Å². The van der Waals surface area contributed by atoms with Gasteiger partial charge in [-0.05, 0) is 35.6 Å². The number of nitrogens with one attached hydrogen (secondary N) is 1. The molecule has 1 aliphatic heterocycles. The molecular formula is C18H22N2O2. The number of rotatable bonds is 4. The molecule has 0 aliphatic carbocycles. The maximum Gasteiger partial charge on any atom is 0.404 e. The summed E-state index contributed by atoms with van der Waals surface area (Å²) in [6, 6.07) is 15.1. The van der Waals surface area contributed by atoms with Crippen molar-refractivity contribution in [1.82, 2.24) is 10.2 Å². The molecule has 3 rings (SSSR count). The second-order valence-corrected chi connectivity index (χ2v) is 5.95. The lowest BCUT2D eigenvalue weighted by molar-refractivity contribution is 0.169. The molecule has 1 amide bonds. The first kappa shape index (κ1) is 14.9. The first-order valence-corrected chi connectivity index (χ1v) is 7.91. The number of hydrogen-bond donors (Lipinski definition) is 2. The number of likely N-dealkylation sites (tertiary alicyclic amines) is 1. The van der Waals surface area contributed by atoms with Gasteiger partial charge in [-0.2, -0.15) is 0 Å². The highest BCUT2D eigenvalue weighted by molar-refractivity contribution is 5.85. The molecule has 116 valence electrons. The normalized spacial score (nSPS) is 16.7. The fourth-order valence-electron chi connectivity index (χ4n) is 3.26. The van der Waals surface area contributed by atoms with Crippen molar-refractivity contribution in [3.8, 4) is 0 Å². The van der Waals surface area contributed by atoms with E-state index in [1.165, 1.54) is 16.3 Å². The molecule has 0 spiro atoms. The smallest absolute Gasteiger partial charge is 0.404 e. The summed E-state index contributed by atoms with van der Waals surface area (Å²) in [7, 11) is 0. The Hall–Kier alpha value is -2.07. The second-order valence-electron chi connectivity index (χ2n) is 5.95. The average molecular weight is 298 g/mol. The quantitative estimate of drug-likeness (QED) is 0.912. The van der Waals surface area contributed by atoms with Crippen LogP contribution in [0.1, 0.15) is 18.4 Å². The van der Waals surface area contributed by atoms with E-state index in [0.717, 1.165) is 38.9 Å². The number of carbonyl (C=O) groups is 1. The van der Waals surface area contributed by atoms with E-state index in [-0.39, 0.29) is 6.04 Å². The molecule has 2 aromatic rings. The van der Waals surface area contributed by atoms with Gasteiger partial charge in [0.2, 0.25) is 0 Å². The van der Waals surface area contributed by atoms with Crippen molar-refractivity contribution < 1.29 is 9.90 Å². The molecule has 2 aromatic carbocycles. The molecule has 0 bridgehead atoms. The number of fused-ring (bicyclic) bond motifs is 1. The van der Waals surface area contributed by atoms with Crippen LogP contribution in [0.25, 0.3) is 10.8 Å². The van der Waals surface area contributed by atoms with Gasteiger partial charge >= 0.3 is 6.09 Å². The number of piperidine rings is 1. The summed E-state index contributed by atoms with van der Waals surface area (Å²) in [6.07, 6.45) is 1.94. The van der Waals surface area contributed by atoms with Crippen LogP contribution in [0.3, 0.4) is 0 Å². The monoisotopic (exact) mass is 298 g/mol. The Bertz CT molecular complexity index is 643. The zero-order valence-corrected chi connectivity index (χ0v) is 12.7. The first-order valence-electron chi connectivity index (χ1n) is 7.91. The van der Waals surface area contributed by atoms with Gasteiger partial charge in [0.05, 0.1) is 0 Å². The first-order chi connectivity index (χ1) is 10.7. The fourth-order valence-corrected chi connectivity index (χ4v) is 3.26. The maximum atomic E-state index is 10.7. The Kier molecular flexibility index (Phi) is 4.59. The Balaban J connectivity index is 1.56. The van der Waals surface area contributed by atoms with Gasteiger partial charge < -0.3 is 15.3 Å². The van der Waals surface area contributed by atoms with E-state index < -0.39 is 6.09 Å². The van der Waals surface area contributed by atoms with E-state index in [1.807, 2.05) is 0 Å². The number of benzene rings is 2. The van der Waals surface area contributed by atoms with Crippen molar-refractivity contribution >= 4 is 16.9 Å². The highest BCUT2D eigenvalue weighted by Gasteiger charge is 2.20. The summed E-state index contributed by atoms with van der Waals surface area (Å²) in [5.41, 5.74) is 1.39. The third kappa shape index (κ3) is 3.57. The molecular weight excluding hydrogens is 276 g/mol. The van der Waals surface area contributed by atoms with Crippen LogP contribution in [-0.2, 0) is 6.42 Å². The summed E-state index contributed by atoms with van der Waals surface area (Å²) in [6.45, 7) is 2.97. The molecule has 1 aliphatic rings. The Morgan fingerprint density at radius 2 is 1.86 bits per heavy atom. The van der Waals surface area contributed by atoms with Crippen LogP contribution in [0.4, 0.5) is 4.79 Å². The third-order valence-electron chi connectivity index (χ3n) is 4.49. The number of carboxylic acid groups (broad SMARTS) is 1. The number of nitrogens with zero attached hydrogens (tertiary/aromatic N) is 1. The molecule has 2 N–H and O–H groups in total. The van der Waals surface area contributed by atoms with E-state index in [4.69, 9.17) is 5.11 Å². The minimum atomic E-state index is -0.908. The standard InChI is InChI=1S/C18H22N2O2/c21-18(22)19-16-9-12-20(13-10-16)11-8-15-6-3-5-14-4-1-2-7-17(14)15/h1-7,16,19H,8-13H2,(H,21,22). The maximum absolute atomic E-state index is 10.7. The number of hydrogen-bond acceptors (Lipinski definition) is 2. The van der Waals surface area contributed by atoms with E-state index in [1.54, 1.807) is 0 Å². The van der Waals surface area contributed by atoms with Crippen molar-refractivity contribution in [3.63, 3.8) is 0 Å². The Morgan fingerprint density at radius 1 is 1.14 bits per heavy atom. The predicted octanol–water partition coefficient (Wildman–Crippen LogP) is 3.11. The lowest BCUT2D eigenvalue weighted by atomic mass is 10.0. The highest BCUT2D eigenvalue weighted by Crippen LogP contribution is 2.20. The lowest BCUT2D eigenvalue weighted by Crippen LogP contribution is -2.44. The van der Waals surface area contributed by atoms with Crippen molar-refractivity contribution in [2.45, 2.75) is 25.3 Å². The lowest BCUT2D eigenvalue weighted by Gasteiger charge is -2.31. The Morgan fingerprint density at radius 3 is 2.64 bits per heavy atom. The molecule has 1 saturated heterocycles. The van der Waals surface area contributed by atoms with Gasteiger partial charge in [0.25, 0.3) is 0 Å². The summed E-state index contributed by atoms with van der Waals surface area (Å²) in [5, 5.41) is 14.0. The zero-order valence-electron chi connectivity index (χ0n) is 12.7. The van der Waals surface area contributed by atoms with E-state index >= 15 is 0 Å². The molecule has 4 heteroatoms. The summed E-state index contributed by atoms with van der Waals surface area (Å²) >= 11 is 0. The SMILES string of the molecule is O=C(O)NC1CCN(CCc2cccc3ccccc23)CC1. The topological polar surface area (TPSA) is 52.6 Å². The molecule has 1 heterocycles. The van der Waals surface area contributed by atoms with Crippen LogP contribution < -0.4 is 5.32 Å². The molecule has 0 atom stereocenters. The van der Waals surface area contributed by atoms with Crippen molar-refractivity contribution in [2.24, 2.45) is 0 Å². The van der Waals surface area contributed by atoms with Crippen LogP contribution in [0.5, 0.6) is 0 Å². The van der Waals surface area contributed by atoms with E-state index in [0.29, 0.717) is 0 Å². The second kappa shape index (κ2) is 6.79. The van der Waals surface area contributed by atoms with E-state index in [2.05, 4.69) is 52.7 Å². The minimum Gasteiger partial charge on any atom is -0.465 e.